The van der Waals surface area contributed by atoms with Gasteiger partial charge in [0.2, 0.25) is 0 Å². The highest BCUT2D eigenvalue weighted by atomic mass is 15.4. The van der Waals surface area contributed by atoms with Crippen molar-refractivity contribution in [3.05, 3.63) is 54.1 Å². The highest BCUT2D eigenvalue weighted by Gasteiger charge is 2.23. The van der Waals surface area contributed by atoms with Crippen LogP contribution in [0.3, 0.4) is 0 Å². The van der Waals surface area contributed by atoms with Crippen LogP contribution in [0.4, 0.5) is 5.69 Å². The van der Waals surface area contributed by atoms with Gasteiger partial charge in [-0.25, -0.2) is 4.68 Å². The Morgan fingerprint density at radius 3 is 1.83 bits per heavy atom. The minimum atomic E-state index is 0.864. The molecule has 0 radical (unpaired) electrons. The molecule has 0 amide bonds. The lowest BCUT2D eigenvalue weighted by Crippen LogP contribution is -2.19. The first kappa shape index (κ1) is 26.4. The molecule has 0 spiro atoms. The highest BCUT2D eigenvalue weighted by molar-refractivity contribution is 5.87. The van der Waals surface area contributed by atoms with Gasteiger partial charge in [0.1, 0.15) is 5.69 Å². The number of aromatic nitrogens is 3. The molecule has 2 aromatic carbocycles. The van der Waals surface area contributed by atoms with Crippen LogP contribution < -0.4 is 4.90 Å². The summed E-state index contributed by atoms with van der Waals surface area (Å²) in [4.78, 5) is 2.28. The molecule has 0 atom stereocenters. The van der Waals surface area contributed by atoms with E-state index in [2.05, 4.69) is 70.8 Å². The van der Waals surface area contributed by atoms with Crippen molar-refractivity contribution >= 4 is 5.69 Å². The third-order valence-corrected chi connectivity index (χ3v) is 4.08. The Balaban J connectivity index is 0.000000881. The third kappa shape index (κ3) is 5.93. The highest BCUT2D eigenvalue weighted by Crippen LogP contribution is 2.39. The number of aryl methyl sites for hydroxylation is 1. The van der Waals surface area contributed by atoms with Crippen molar-refractivity contribution < 1.29 is 0 Å². The van der Waals surface area contributed by atoms with E-state index in [4.69, 9.17) is 0 Å². The van der Waals surface area contributed by atoms with Crippen LogP contribution in [0.5, 0.6) is 0 Å². The summed E-state index contributed by atoms with van der Waals surface area (Å²) in [5, 5.41) is 8.67. The summed E-state index contributed by atoms with van der Waals surface area (Å²) in [7, 11) is 4.08. The second kappa shape index (κ2) is 14.4. The summed E-state index contributed by atoms with van der Waals surface area (Å²) in [6.45, 7) is 16.9. The molecular weight excluding hydrogens is 356 g/mol. The predicted molar refractivity (Wildman–Crippen MR) is 129 cm³/mol. The van der Waals surface area contributed by atoms with Crippen LogP contribution >= 0.6 is 0 Å². The lowest BCUT2D eigenvalue weighted by molar-refractivity contribution is 0.721. The first-order valence-electron chi connectivity index (χ1n) is 11.0. The molecule has 160 valence electrons. The molecule has 0 N–H and O–H groups in total. The Hall–Kier alpha value is -2.62. The number of para-hydroxylation sites is 1. The predicted octanol–water partition coefficient (Wildman–Crippen LogP) is 7.20. The number of benzene rings is 2. The Labute approximate surface area is 178 Å². The SMILES string of the molecule is CC.CC.CC.CC.CN1Cc2ccccc2-c2nnn(C)c2-c2ccccc21. The molecule has 0 saturated carbocycles. The quantitative estimate of drug-likeness (QED) is 0.403. The minimum Gasteiger partial charge on any atom is -0.370 e. The van der Waals surface area contributed by atoms with Gasteiger partial charge in [-0.2, -0.15) is 0 Å². The molecule has 1 aliphatic rings. The third-order valence-electron chi connectivity index (χ3n) is 4.08. The molecule has 0 fully saturated rings. The van der Waals surface area contributed by atoms with Crippen LogP contribution in [0, 0.1) is 0 Å². The molecule has 4 heteroatoms. The van der Waals surface area contributed by atoms with Gasteiger partial charge in [-0.1, -0.05) is 103 Å². The van der Waals surface area contributed by atoms with Gasteiger partial charge >= 0.3 is 0 Å². The molecule has 2 heterocycles. The number of rotatable bonds is 0. The number of hydrogen-bond donors (Lipinski definition) is 0. The van der Waals surface area contributed by atoms with Gasteiger partial charge < -0.3 is 4.90 Å². The standard InChI is InChI=1S/C17H16N4.4C2H6/c1-20-11-12-7-3-4-8-13(12)16-17(21(2)19-18-16)14-9-5-6-10-15(14)20;4*1-2/h3-10H,11H2,1-2H3;4*1-2H3. The molecule has 0 bridgehead atoms. The first-order chi connectivity index (χ1) is 14.3. The van der Waals surface area contributed by atoms with E-state index in [-0.39, 0.29) is 0 Å². The zero-order valence-corrected chi connectivity index (χ0v) is 20.1. The second-order valence-corrected chi connectivity index (χ2v) is 5.44. The number of anilines is 1. The normalized spacial score (nSPS) is 10.2. The largest absolute Gasteiger partial charge is 0.370 e. The van der Waals surface area contributed by atoms with Gasteiger partial charge in [0, 0.05) is 37.5 Å². The average molecular weight is 397 g/mol. The van der Waals surface area contributed by atoms with Crippen molar-refractivity contribution in [2.75, 3.05) is 11.9 Å². The van der Waals surface area contributed by atoms with Crippen molar-refractivity contribution in [1.82, 2.24) is 15.0 Å². The summed E-state index contributed by atoms with van der Waals surface area (Å²) in [5.74, 6) is 0. The van der Waals surface area contributed by atoms with Gasteiger partial charge in [-0.3, -0.25) is 0 Å². The fraction of sp³-hybridized carbons (Fsp3) is 0.440. The molecule has 1 aromatic heterocycles. The van der Waals surface area contributed by atoms with E-state index in [1.54, 1.807) is 0 Å². The van der Waals surface area contributed by atoms with Crippen LogP contribution in [-0.4, -0.2) is 22.0 Å². The molecule has 1 aliphatic heterocycles. The van der Waals surface area contributed by atoms with Gasteiger partial charge in [0.05, 0.1) is 5.69 Å². The van der Waals surface area contributed by atoms with Crippen LogP contribution in [0.15, 0.2) is 48.5 Å². The average Bonchev–Trinajstić information content (AvgIpc) is 3.19. The maximum Gasteiger partial charge on any atom is 0.121 e. The molecule has 0 aliphatic carbocycles. The van der Waals surface area contributed by atoms with Gasteiger partial charge in [-0.05, 0) is 11.6 Å². The Bertz CT molecular complexity index is 821. The summed E-state index contributed by atoms with van der Waals surface area (Å²) < 4.78 is 1.87. The minimum absolute atomic E-state index is 0.864. The first-order valence-corrected chi connectivity index (χ1v) is 11.0. The molecule has 0 saturated heterocycles. The molecule has 4 nitrogen and oxygen atoms in total. The zero-order valence-electron chi connectivity index (χ0n) is 20.1. The summed E-state index contributed by atoms with van der Waals surface area (Å²) >= 11 is 0. The van der Waals surface area contributed by atoms with Crippen LogP contribution in [0.1, 0.15) is 61.0 Å². The molecule has 4 rings (SSSR count). The van der Waals surface area contributed by atoms with Crippen LogP contribution in [-0.2, 0) is 13.6 Å². The smallest absolute Gasteiger partial charge is 0.121 e. The van der Waals surface area contributed by atoms with Crippen molar-refractivity contribution in [3.8, 4) is 22.5 Å². The van der Waals surface area contributed by atoms with Crippen LogP contribution in [0.2, 0.25) is 0 Å². The molecule has 0 unspecified atom stereocenters. The zero-order chi connectivity index (χ0) is 22.4. The number of hydrogen-bond acceptors (Lipinski definition) is 3. The van der Waals surface area contributed by atoms with E-state index < -0.39 is 0 Å². The van der Waals surface area contributed by atoms with E-state index in [9.17, 15) is 0 Å². The van der Waals surface area contributed by atoms with Crippen molar-refractivity contribution in [2.45, 2.75) is 61.9 Å². The summed E-state index contributed by atoms with van der Waals surface area (Å²) in [6.07, 6.45) is 0. The second-order valence-electron chi connectivity index (χ2n) is 5.44. The van der Waals surface area contributed by atoms with Gasteiger partial charge in [0.25, 0.3) is 0 Å². The van der Waals surface area contributed by atoms with Gasteiger partial charge in [-0.15, -0.1) is 5.10 Å². The lowest BCUT2D eigenvalue weighted by atomic mass is 9.96. The van der Waals surface area contributed by atoms with Crippen LogP contribution in [0.25, 0.3) is 22.5 Å². The Morgan fingerprint density at radius 1 is 0.690 bits per heavy atom. The van der Waals surface area contributed by atoms with Crippen molar-refractivity contribution in [3.63, 3.8) is 0 Å². The Kier molecular flexibility index (Phi) is 13.1. The number of fused-ring (bicyclic) bond motifs is 5. The van der Waals surface area contributed by atoms with E-state index in [0.717, 1.165) is 17.9 Å². The van der Waals surface area contributed by atoms with Gasteiger partial charge in [0.15, 0.2) is 0 Å². The fourth-order valence-corrected chi connectivity index (χ4v) is 3.08. The molecular formula is C25H40N4. The monoisotopic (exact) mass is 396 g/mol. The summed E-state index contributed by atoms with van der Waals surface area (Å²) in [6, 6.07) is 16.9. The lowest BCUT2D eigenvalue weighted by Gasteiger charge is -2.26. The van der Waals surface area contributed by atoms with E-state index in [0.29, 0.717) is 0 Å². The molecule has 29 heavy (non-hydrogen) atoms. The van der Waals surface area contributed by atoms with E-state index >= 15 is 0 Å². The molecule has 3 aromatic rings. The van der Waals surface area contributed by atoms with E-state index in [1.165, 1.54) is 22.4 Å². The maximum atomic E-state index is 4.42. The van der Waals surface area contributed by atoms with Crippen molar-refractivity contribution in [2.24, 2.45) is 7.05 Å². The Morgan fingerprint density at radius 2 is 1.21 bits per heavy atom. The topological polar surface area (TPSA) is 34.0 Å². The fourth-order valence-electron chi connectivity index (χ4n) is 3.08. The van der Waals surface area contributed by atoms with Crippen molar-refractivity contribution in [1.29, 1.82) is 0 Å². The summed E-state index contributed by atoms with van der Waals surface area (Å²) in [5.41, 5.74) is 6.87. The maximum absolute atomic E-state index is 4.42. The number of nitrogens with zero attached hydrogens (tertiary/aromatic N) is 4. The van der Waals surface area contributed by atoms with E-state index in [1.807, 2.05) is 67.1 Å².